The summed E-state index contributed by atoms with van der Waals surface area (Å²) in [4.78, 5) is 29.7. The average Bonchev–Trinajstić information content (AvgIpc) is 2.89. The summed E-state index contributed by atoms with van der Waals surface area (Å²) in [5.74, 6) is 0.206. The van der Waals surface area contributed by atoms with Crippen molar-refractivity contribution < 1.29 is 19.1 Å². The Hall–Kier alpha value is -2.76. The monoisotopic (exact) mass is 372 g/mol. The summed E-state index contributed by atoms with van der Waals surface area (Å²) in [6.45, 7) is 9.90. The second-order valence-corrected chi connectivity index (χ2v) is 6.92. The highest BCUT2D eigenvalue weighted by Gasteiger charge is 2.25. The zero-order valence-corrected chi connectivity index (χ0v) is 16.9. The van der Waals surface area contributed by atoms with Crippen molar-refractivity contribution >= 4 is 11.9 Å². The number of hydrogen-bond acceptors (Lipinski definition) is 4. The van der Waals surface area contributed by atoms with Gasteiger partial charge in [0.15, 0.2) is 0 Å². The van der Waals surface area contributed by atoms with E-state index in [1.807, 2.05) is 31.2 Å². The molecule has 0 spiro atoms. The number of likely N-dealkylation sites (N-methyl/N-ethyl adjacent to an activating group) is 1. The van der Waals surface area contributed by atoms with Crippen molar-refractivity contribution in [3.05, 3.63) is 52.3 Å². The van der Waals surface area contributed by atoms with Crippen LogP contribution < -0.4 is 4.74 Å². The molecule has 0 atom stereocenters. The highest BCUT2D eigenvalue weighted by molar-refractivity contribution is 6.00. The molecule has 0 saturated carbocycles. The van der Waals surface area contributed by atoms with Gasteiger partial charge in [-0.2, -0.15) is 0 Å². The maximum absolute atomic E-state index is 12.8. The van der Waals surface area contributed by atoms with Gasteiger partial charge in [0.2, 0.25) is 0 Å². The first kappa shape index (κ1) is 20.6. The number of para-hydroxylation sites is 1. The fraction of sp³-hybridized carbons (Fsp3) is 0.429. The number of aromatic amines is 1. The van der Waals surface area contributed by atoms with Crippen LogP contribution in [0.4, 0.5) is 0 Å². The largest absolute Gasteiger partial charge is 0.491 e. The van der Waals surface area contributed by atoms with Crippen molar-refractivity contribution in [2.75, 3.05) is 20.2 Å². The number of hydrogen-bond donors (Lipinski definition) is 1. The fourth-order valence-electron chi connectivity index (χ4n) is 2.85. The Bertz CT molecular complexity index is 824. The van der Waals surface area contributed by atoms with Gasteiger partial charge in [-0.1, -0.05) is 18.2 Å². The van der Waals surface area contributed by atoms with Crippen LogP contribution in [-0.2, 0) is 4.74 Å². The first-order valence-electron chi connectivity index (χ1n) is 9.06. The van der Waals surface area contributed by atoms with Crippen LogP contribution in [0.15, 0.2) is 24.3 Å². The minimum absolute atomic E-state index is 0.187. The number of amides is 1. The van der Waals surface area contributed by atoms with E-state index >= 15 is 0 Å². The van der Waals surface area contributed by atoms with Crippen LogP contribution in [0.25, 0.3) is 0 Å². The van der Waals surface area contributed by atoms with E-state index < -0.39 is 5.97 Å². The first-order chi connectivity index (χ1) is 12.7. The molecule has 1 aromatic heterocycles. The van der Waals surface area contributed by atoms with Crippen LogP contribution in [0.1, 0.15) is 51.5 Å². The molecule has 27 heavy (non-hydrogen) atoms. The molecule has 1 aromatic carbocycles. The van der Waals surface area contributed by atoms with Crippen molar-refractivity contribution in [3.63, 3.8) is 0 Å². The van der Waals surface area contributed by atoms with Gasteiger partial charge in [-0.25, -0.2) is 4.79 Å². The number of aryl methyl sites for hydroxylation is 2. The Morgan fingerprint density at radius 1 is 1.15 bits per heavy atom. The summed E-state index contributed by atoms with van der Waals surface area (Å²) in [6, 6.07) is 7.76. The molecule has 0 radical (unpaired) electrons. The van der Waals surface area contributed by atoms with E-state index in [-0.39, 0.29) is 12.0 Å². The Balaban J connectivity index is 2.04. The summed E-state index contributed by atoms with van der Waals surface area (Å²) in [7, 11) is 1.71. The number of ether oxygens (including phenoxy) is 2. The molecule has 0 aliphatic heterocycles. The van der Waals surface area contributed by atoms with Gasteiger partial charge >= 0.3 is 5.97 Å². The van der Waals surface area contributed by atoms with E-state index in [1.165, 1.54) is 0 Å². The van der Waals surface area contributed by atoms with E-state index in [1.54, 1.807) is 39.6 Å². The van der Waals surface area contributed by atoms with Gasteiger partial charge in [0, 0.05) is 12.7 Å². The van der Waals surface area contributed by atoms with Crippen LogP contribution in [0, 0.1) is 20.8 Å². The highest BCUT2D eigenvalue weighted by Crippen LogP contribution is 2.21. The van der Waals surface area contributed by atoms with Crippen LogP contribution >= 0.6 is 0 Å². The van der Waals surface area contributed by atoms with E-state index in [4.69, 9.17) is 9.47 Å². The van der Waals surface area contributed by atoms with Gasteiger partial charge < -0.3 is 19.4 Å². The number of aromatic nitrogens is 1. The minimum Gasteiger partial charge on any atom is -0.491 e. The third-order valence-electron chi connectivity index (χ3n) is 4.32. The normalized spacial score (nSPS) is 10.8. The minimum atomic E-state index is -0.416. The lowest BCUT2D eigenvalue weighted by molar-refractivity contribution is 0.0376. The molecule has 2 rings (SSSR count). The van der Waals surface area contributed by atoms with E-state index in [0.29, 0.717) is 35.7 Å². The lowest BCUT2D eigenvalue weighted by Crippen LogP contribution is -2.31. The summed E-state index contributed by atoms with van der Waals surface area (Å²) < 4.78 is 11.0. The summed E-state index contributed by atoms with van der Waals surface area (Å²) in [5, 5.41) is 0. The molecule has 6 heteroatoms. The maximum atomic E-state index is 12.8. The lowest BCUT2D eigenvalue weighted by Gasteiger charge is -2.18. The molecule has 0 fully saturated rings. The number of benzene rings is 1. The zero-order valence-electron chi connectivity index (χ0n) is 16.9. The Morgan fingerprint density at radius 2 is 1.81 bits per heavy atom. The molecular formula is C21H28N2O4. The van der Waals surface area contributed by atoms with Crippen molar-refractivity contribution in [1.29, 1.82) is 0 Å². The number of carbonyl (C=O) groups excluding carboxylic acids is 2. The lowest BCUT2D eigenvalue weighted by atomic mass is 10.1. The molecule has 0 aliphatic rings. The van der Waals surface area contributed by atoms with Gasteiger partial charge in [0.05, 0.1) is 18.2 Å². The summed E-state index contributed by atoms with van der Waals surface area (Å²) in [5.41, 5.74) is 3.12. The topological polar surface area (TPSA) is 71.6 Å². The fourth-order valence-corrected chi connectivity index (χ4v) is 2.85. The number of esters is 1. The molecule has 1 amide bonds. The standard InChI is InChI=1S/C21H28N2O4/c1-13(2)27-21(25)18-15(4)19(22-16(18)5)20(24)23(6)11-12-26-17-10-8-7-9-14(17)3/h7-10,13,22H,11-12H2,1-6H3. The van der Waals surface area contributed by atoms with Crippen LogP contribution in [0.2, 0.25) is 0 Å². The third kappa shape index (κ3) is 4.90. The Morgan fingerprint density at radius 3 is 2.44 bits per heavy atom. The SMILES string of the molecule is Cc1ccccc1OCCN(C)C(=O)c1[nH]c(C)c(C(=O)OC(C)C)c1C. The van der Waals surface area contributed by atoms with Crippen LogP contribution in [-0.4, -0.2) is 48.1 Å². The van der Waals surface area contributed by atoms with Crippen LogP contribution in [0.5, 0.6) is 5.75 Å². The average molecular weight is 372 g/mol. The number of rotatable bonds is 7. The molecule has 1 heterocycles. The predicted molar refractivity (Wildman–Crippen MR) is 104 cm³/mol. The second-order valence-electron chi connectivity index (χ2n) is 6.92. The van der Waals surface area contributed by atoms with Crippen molar-refractivity contribution in [3.8, 4) is 5.75 Å². The Labute approximate surface area is 160 Å². The van der Waals surface area contributed by atoms with Crippen molar-refractivity contribution in [1.82, 2.24) is 9.88 Å². The van der Waals surface area contributed by atoms with E-state index in [2.05, 4.69) is 4.98 Å². The van der Waals surface area contributed by atoms with Gasteiger partial charge in [-0.15, -0.1) is 0 Å². The van der Waals surface area contributed by atoms with Gasteiger partial charge in [0.25, 0.3) is 5.91 Å². The molecule has 6 nitrogen and oxygen atoms in total. The molecule has 0 bridgehead atoms. The number of carbonyl (C=O) groups is 2. The maximum Gasteiger partial charge on any atom is 0.340 e. The van der Waals surface area contributed by atoms with Gasteiger partial charge in [-0.05, 0) is 51.8 Å². The number of nitrogens with zero attached hydrogens (tertiary/aromatic N) is 1. The van der Waals surface area contributed by atoms with E-state index in [0.717, 1.165) is 11.3 Å². The number of nitrogens with one attached hydrogen (secondary N) is 1. The molecule has 0 unspecified atom stereocenters. The zero-order chi connectivity index (χ0) is 20.1. The summed E-state index contributed by atoms with van der Waals surface area (Å²) >= 11 is 0. The Kier molecular flexibility index (Phi) is 6.66. The van der Waals surface area contributed by atoms with Gasteiger partial charge in [0.1, 0.15) is 18.1 Å². The summed E-state index contributed by atoms with van der Waals surface area (Å²) in [6.07, 6.45) is -0.216. The van der Waals surface area contributed by atoms with Crippen molar-refractivity contribution in [2.45, 2.75) is 40.7 Å². The molecule has 0 aliphatic carbocycles. The predicted octanol–water partition coefficient (Wildman–Crippen LogP) is 3.66. The first-order valence-corrected chi connectivity index (χ1v) is 9.06. The third-order valence-corrected chi connectivity index (χ3v) is 4.32. The molecule has 2 aromatic rings. The highest BCUT2D eigenvalue weighted by atomic mass is 16.5. The second kappa shape index (κ2) is 8.75. The molecule has 1 N–H and O–H groups in total. The number of H-pyrrole nitrogens is 1. The van der Waals surface area contributed by atoms with Gasteiger partial charge in [-0.3, -0.25) is 4.79 Å². The molecular weight excluding hydrogens is 344 g/mol. The quantitative estimate of drug-likeness (QED) is 0.753. The van der Waals surface area contributed by atoms with Crippen LogP contribution in [0.3, 0.4) is 0 Å². The molecule has 146 valence electrons. The molecule has 0 saturated heterocycles. The smallest absolute Gasteiger partial charge is 0.340 e. The van der Waals surface area contributed by atoms with Crippen molar-refractivity contribution in [2.24, 2.45) is 0 Å². The van der Waals surface area contributed by atoms with E-state index in [9.17, 15) is 9.59 Å².